The Morgan fingerprint density at radius 1 is 1.33 bits per heavy atom. The van der Waals surface area contributed by atoms with Crippen molar-refractivity contribution in [1.29, 1.82) is 0 Å². The molecule has 3 heteroatoms. The molecule has 1 heterocycles. The highest BCUT2D eigenvalue weighted by molar-refractivity contribution is 4.86. The molecule has 1 unspecified atom stereocenters. The van der Waals surface area contributed by atoms with Crippen molar-refractivity contribution in [3.8, 4) is 0 Å². The van der Waals surface area contributed by atoms with E-state index in [0.29, 0.717) is 5.92 Å². The van der Waals surface area contributed by atoms with E-state index in [4.69, 9.17) is 10.5 Å². The molecule has 3 nitrogen and oxygen atoms in total. The third-order valence-corrected chi connectivity index (χ3v) is 3.16. The average Bonchev–Trinajstić information content (AvgIpc) is 2.15. The van der Waals surface area contributed by atoms with Crippen LogP contribution in [-0.2, 0) is 4.74 Å². The minimum atomic E-state index is 0.243. The van der Waals surface area contributed by atoms with Crippen molar-refractivity contribution >= 4 is 0 Å². The molecule has 0 aromatic rings. The summed E-state index contributed by atoms with van der Waals surface area (Å²) in [7, 11) is 0. The lowest BCUT2D eigenvalue weighted by atomic mass is 9.92. The Labute approximate surface area is 93.8 Å². The summed E-state index contributed by atoms with van der Waals surface area (Å²) in [5, 5.41) is 3.60. The minimum absolute atomic E-state index is 0.243. The van der Waals surface area contributed by atoms with Gasteiger partial charge in [-0.15, -0.1) is 0 Å². The van der Waals surface area contributed by atoms with Crippen LogP contribution in [0, 0.1) is 5.92 Å². The Bertz CT molecular complexity index is 176. The first kappa shape index (κ1) is 12.9. The molecule has 0 radical (unpaired) electrons. The highest BCUT2D eigenvalue weighted by Gasteiger charge is 2.26. The maximum Gasteiger partial charge on any atom is 0.0483 e. The predicted octanol–water partition coefficient (Wildman–Crippen LogP) is 1.52. The molecule has 0 aliphatic carbocycles. The van der Waals surface area contributed by atoms with Gasteiger partial charge in [0, 0.05) is 31.3 Å². The van der Waals surface area contributed by atoms with E-state index >= 15 is 0 Å². The first-order valence-electron chi connectivity index (χ1n) is 6.10. The molecule has 15 heavy (non-hydrogen) atoms. The molecule has 1 rings (SSSR count). The molecular formula is C12H26N2O. The van der Waals surface area contributed by atoms with Crippen molar-refractivity contribution in [2.45, 2.75) is 51.6 Å². The maximum atomic E-state index is 6.06. The summed E-state index contributed by atoms with van der Waals surface area (Å²) in [4.78, 5) is 0. The number of ether oxygens (including phenoxy) is 1. The van der Waals surface area contributed by atoms with Crippen LogP contribution in [0.4, 0.5) is 0 Å². The molecule has 3 N–H and O–H groups in total. The fraction of sp³-hybridized carbons (Fsp3) is 1.00. The molecule has 0 aromatic heterocycles. The summed E-state index contributed by atoms with van der Waals surface area (Å²) in [5.41, 5.74) is 6.30. The summed E-state index contributed by atoms with van der Waals surface area (Å²) in [6.07, 6.45) is 3.29. The summed E-state index contributed by atoms with van der Waals surface area (Å²) in [6.45, 7) is 9.39. The van der Waals surface area contributed by atoms with E-state index < -0.39 is 0 Å². The summed E-state index contributed by atoms with van der Waals surface area (Å²) < 4.78 is 5.37. The van der Waals surface area contributed by atoms with E-state index in [1.807, 2.05) is 0 Å². The molecule has 90 valence electrons. The van der Waals surface area contributed by atoms with E-state index in [1.165, 1.54) is 0 Å². The molecule has 1 saturated heterocycles. The minimum Gasteiger partial charge on any atom is -0.381 e. The fourth-order valence-corrected chi connectivity index (χ4v) is 2.07. The largest absolute Gasteiger partial charge is 0.381 e. The number of hydrogen-bond acceptors (Lipinski definition) is 3. The van der Waals surface area contributed by atoms with E-state index in [9.17, 15) is 0 Å². The van der Waals surface area contributed by atoms with Gasteiger partial charge in [-0.3, -0.25) is 0 Å². The van der Waals surface area contributed by atoms with Gasteiger partial charge in [0.15, 0.2) is 0 Å². The second kappa shape index (κ2) is 5.83. The highest BCUT2D eigenvalue weighted by Crippen LogP contribution is 2.19. The van der Waals surface area contributed by atoms with Gasteiger partial charge in [0.25, 0.3) is 0 Å². The Balaban J connectivity index is 2.22. The van der Waals surface area contributed by atoms with Crippen molar-refractivity contribution in [1.82, 2.24) is 5.32 Å². The van der Waals surface area contributed by atoms with Gasteiger partial charge in [-0.25, -0.2) is 0 Å². The zero-order valence-corrected chi connectivity index (χ0v) is 10.4. The molecular weight excluding hydrogens is 188 g/mol. The molecule has 1 fully saturated rings. The van der Waals surface area contributed by atoms with Gasteiger partial charge >= 0.3 is 0 Å². The fourth-order valence-electron chi connectivity index (χ4n) is 2.07. The van der Waals surface area contributed by atoms with Crippen LogP contribution < -0.4 is 11.1 Å². The average molecular weight is 214 g/mol. The Morgan fingerprint density at radius 2 is 1.93 bits per heavy atom. The summed E-state index contributed by atoms with van der Waals surface area (Å²) in [6, 6.07) is 0.282. The molecule has 0 aromatic carbocycles. The standard InChI is InChI=1S/C12H26N2O/c1-10(2)8-11(13)9-14-12(3)4-6-15-7-5-12/h10-11,14H,4-9,13H2,1-3H3. The zero-order valence-electron chi connectivity index (χ0n) is 10.4. The van der Waals surface area contributed by atoms with Crippen LogP contribution in [-0.4, -0.2) is 31.3 Å². The van der Waals surface area contributed by atoms with E-state index in [1.54, 1.807) is 0 Å². The van der Waals surface area contributed by atoms with Gasteiger partial charge < -0.3 is 15.8 Å². The smallest absolute Gasteiger partial charge is 0.0483 e. The lowest BCUT2D eigenvalue weighted by molar-refractivity contribution is 0.0446. The number of nitrogens with one attached hydrogen (secondary N) is 1. The van der Waals surface area contributed by atoms with Gasteiger partial charge in [0.1, 0.15) is 0 Å². The van der Waals surface area contributed by atoms with E-state index in [-0.39, 0.29) is 11.6 Å². The Morgan fingerprint density at radius 3 is 2.47 bits per heavy atom. The van der Waals surface area contributed by atoms with Gasteiger partial charge in [0.2, 0.25) is 0 Å². The van der Waals surface area contributed by atoms with Crippen LogP contribution in [0.25, 0.3) is 0 Å². The maximum absolute atomic E-state index is 6.06. The first-order valence-corrected chi connectivity index (χ1v) is 6.10. The number of nitrogens with two attached hydrogens (primary N) is 1. The van der Waals surface area contributed by atoms with Crippen molar-refractivity contribution < 1.29 is 4.74 Å². The van der Waals surface area contributed by atoms with Crippen LogP contribution in [0.5, 0.6) is 0 Å². The van der Waals surface area contributed by atoms with Crippen molar-refractivity contribution in [2.24, 2.45) is 11.7 Å². The third-order valence-electron chi connectivity index (χ3n) is 3.16. The lowest BCUT2D eigenvalue weighted by Gasteiger charge is -2.35. The van der Waals surface area contributed by atoms with Crippen LogP contribution in [0.15, 0.2) is 0 Å². The highest BCUT2D eigenvalue weighted by atomic mass is 16.5. The van der Waals surface area contributed by atoms with Gasteiger partial charge in [-0.05, 0) is 32.1 Å². The second-order valence-electron chi connectivity index (χ2n) is 5.44. The van der Waals surface area contributed by atoms with Crippen molar-refractivity contribution in [3.63, 3.8) is 0 Å². The first-order chi connectivity index (χ1) is 7.02. The van der Waals surface area contributed by atoms with Crippen LogP contribution >= 0.6 is 0 Å². The van der Waals surface area contributed by atoms with Gasteiger partial charge in [-0.2, -0.15) is 0 Å². The third kappa shape index (κ3) is 4.96. The van der Waals surface area contributed by atoms with Crippen LogP contribution in [0.3, 0.4) is 0 Å². The second-order valence-corrected chi connectivity index (χ2v) is 5.44. The lowest BCUT2D eigenvalue weighted by Crippen LogP contribution is -2.50. The Hall–Kier alpha value is -0.120. The quantitative estimate of drug-likeness (QED) is 0.729. The van der Waals surface area contributed by atoms with E-state index in [2.05, 4.69) is 26.1 Å². The molecule has 1 aliphatic heterocycles. The Kier molecular flexibility index (Phi) is 5.03. The molecule has 0 bridgehead atoms. The zero-order chi connectivity index (χ0) is 11.3. The predicted molar refractivity (Wildman–Crippen MR) is 63.9 cm³/mol. The molecule has 1 aliphatic rings. The van der Waals surface area contributed by atoms with E-state index in [0.717, 1.165) is 39.0 Å². The normalized spacial score (nSPS) is 23.0. The monoisotopic (exact) mass is 214 g/mol. The number of rotatable bonds is 5. The summed E-state index contributed by atoms with van der Waals surface area (Å²) >= 11 is 0. The molecule has 0 amide bonds. The van der Waals surface area contributed by atoms with Crippen molar-refractivity contribution in [2.75, 3.05) is 19.8 Å². The number of hydrogen-bond donors (Lipinski definition) is 2. The summed E-state index contributed by atoms with van der Waals surface area (Å²) in [5.74, 6) is 0.685. The SMILES string of the molecule is CC(C)CC(N)CNC1(C)CCOCC1. The molecule has 0 saturated carbocycles. The molecule has 1 atom stereocenters. The molecule has 0 spiro atoms. The van der Waals surface area contributed by atoms with Gasteiger partial charge in [0.05, 0.1) is 0 Å². The van der Waals surface area contributed by atoms with Gasteiger partial charge in [-0.1, -0.05) is 13.8 Å². The van der Waals surface area contributed by atoms with Crippen molar-refractivity contribution in [3.05, 3.63) is 0 Å². The van der Waals surface area contributed by atoms with Crippen LogP contribution in [0.2, 0.25) is 0 Å². The van der Waals surface area contributed by atoms with Crippen LogP contribution in [0.1, 0.15) is 40.0 Å². The topological polar surface area (TPSA) is 47.3 Å².